The third kappa shape index (κ3) is 4.31. The van der Waals surface area contributed by atoms with Gasteiger partial charge in [0.15, 0.2) is 5.75 Å². The molecule has 0 bridgehead atoms. The zero-order valence-corrected chi connectivity index (χ0v) is 14.9. The van der Waals surface area contributed by atoms with E-state index < -0.39 is 22.0 Å². The van der Waals surface area contributed by atoms with Crippen molar-refractivity contribution in [1.82, 2.24) is 0 Å². The van der Waals surface area contributed by atoms with Crippen LogP contribution < -0.4 is 14.7 Å². The molecule has 2 aromatic rings. The number of amides is 1. The van der Waals surface area contributed by atoms with Crippen molar-refractivity contribution < 1.29 is 31.7 Å². The summed E-state index contributed by atoms with van der Waals surface area (Å²) in [6.45, 7) is 1.86. The minimum absolute atomic E-state index is 0.113. The summed E-state index contributed by atoms with van der Waals surface area (Å²) >= 11 is 0. The molecule has 0 spiro atoms. The van der Waals surface area contributed by atoms with E-state index in [4.69, 9.17) is 19.4 Å². The van der Waals surface area contributed by atoms with E-state index in [0.717, 1.165) is 0 Å². The van der Waals surface area contributed by atoms with Crippen LogP contribution in [0, 0.1) is 0 Å². The predicted molar refractivity (Wildman–Crippen MR) is 91.7 cm³/mol. The Morgan fingerprint density at radius 2 is 1.73 bits per heavy atom. The molecular formula is C17H17NO7S. The standard InChI is InChI=1S/C17H17NO7S/c1-3-24-17(20)11-4-7-13(8-5-11)26(21,22)25-15-10-12(23-2)6-9-14(15)16(18)19/h4-10H,3H2,1-2H3,(H2,18,19). The van der Waals surface area contributed by atoms with Crippen LogP contribution in [-0.2, 0) is 14.9 Å². The van der Waals surface area contributed by atoms with Crippen LogP contribution in [0.3, 0.4) is 0 Å². The molecule has 0 aliphatic carbocycles. The summed E-state index contributed by atoms with van der Waals surface area (Å²) in [5.74, 6) is -1.39. The fraction of sp³-hybridized carbons (Fsp3) is 0.176. The third-order valence-electron chi connectivity index (χ3n) is 3.31. The topological polar surface area (TPSA) is 122 Å². The van der Waals surface area contributed by atoms with E-state index in [-0.39, 0.29) is 34.1 Å². The summed E-state index contributed by atoms with van der Waals surface area (Å²) < 4.78 is 39.8. The molecule has 0 saturated heterocycles. The summed E-state index contributed by atoms with van der Waals surface area (Å²) in [5.41, 5.74) is 5.32. The number of methoxy groups -OCH3 is 1. The highest BCUT2D eigenvalue weighted by molar-refractivity contribution is 7.87. The third-order valence-corrected chi connectivity index (χ3v) is 4.56. The van der Waals surface area contributed by atoms with Crippen LogP contribution in [-0.4, -0.2) is 34.0 Å². The first-order chi connectivity index (χ1) is 12.3. The monoisotopic (exact) mass is 379 g/mol. The minimum Gasteiger partial charge on any atom is -0.497 e. The molecule has 138 valence electrons. The van der Waals surface area contributed by atoms with Crippen molar-refractivity contribution in [2.24, 2.45) is 5.73 Å². The Kier molecular flexibility index (Phi) is 5.83. The number of nitrogens with two attached hydrogens (primary N) is 1. The average molecular weight is 379 g/mol. The van der Waals surface area contributed by atoms with Gasteiger partial charge in [0.05, 0.1) is 24.8 Å². The summed E-state index contributed by atoms with van der Waals surface area (Å²) in [6.07, 6.45) is 0. The molecule has 0 aliphatic heterocycles. The smallest absolute Gasteiger partial charge is 0.339 e. The van der Waals surface area contributed by atoms with E-state index >= 15 is 0 Å². The van der Waals surface area contributed by atoms with E-state index in [1.807, 2.05) is 0 Å². The summed E-state index contributed by atoms with van der Waals surface area (Å²) in [4.78, 5) is 22.9. The number of benzene rings is 2. The second-order valence-electron chi connectivity index (χ2n) is 5.01. The molecule has 0 saturated carbocycles. The van der Waals surface area contributed by atoms with Gasteiger partial charge < -0.3 is 19.4 Å². The number of rotatable bonds is 7. The highest BCUT2D eigenvalue weighted by Gasteiger charge is 2.21. The van der Waals surface area contributed by atoms with Gasteiger partial charge >= 0.3 is 16.1 Å². The number of carbonyl (C=O) groups is 2. The Labute approximate surface area is 150 Å². The van der Waals surface area contributed by atoms with E-state index in [9.17, 15) is 18.0 Å². The lowest BCUT2D eigenvalue weighted by molar-refractivity contribution is 0.0526. The Balaban J connectivity index is 2.34. The Bertz CT molecular complexity index is 921. The molecule has 9 heteroatoms. The summed E-state index contributed by atoms with van der Waals surface area (Å²) in [7, 11) is -2.88. The molecule has 26 heavy (non-hydrogen) atoms. The fourth-order valence-electron chi connectivity index (χ4n) is 2.04. The average Bonchev–Trinajstić information content (AvgIpc) is 2.61. The van der Waals surface area contributed by atoms with Gasteiger partial charge in [-0.05, 0) is 43.3 Å². The fourth-order valence-corrected chi connectivity index (χ4v) is 2.98. The highest BCUT2D eigenvalue weighted by atomic mass is 32.2. The van der Waals surface area contributed by atoms with Gasteiger partial charge in [0.25, 0.3) is 5.91 Å². The number of esters is 1. The first kappa shape index (κ1) is 19.3. The number of carbonyl (C=O) groups excluding carboxylic acids is 2. The first-order valence-electron chi connectivity index (χ1n) is 7.48. The van der Waals surface area contributed by atoms with E-state index in [1.54, 1.807) is 6.92 Å². The van der Waals surface area contributed by atoms with Crippen molar-refractivity contribution in [3.63, 3.8) is 0 Å². The van der Waals surface area contributed by atoms with Crippen molar-refractivity contribution in [2.45, 2.75) is 11.8 Å². The van der Waals surface area contributed by atoms with Gasteiger partial charge in [-0.25, -0.2) is 4.79 Å². The summed E-state index contributed by atoms with van der Waals surface area (Å²) in [5, 5.41) is 0. The maximum absolute atomic E-state index is 12.5. The molecular weight excluding hydrogens is 362 g/mol. The van der Waals surface area contributed by atoms with Gasteiger partial charge in [0.2, 0.25) is 0 Å². The zero-order valence-electron chi connectivity index (χ0n) is 14.1. The quantitative estimate of drug-likeness (QED) is 0.574. The molecule has 0 fully saturated rings. The molecule has 0 heterocycles. The lowest BCUT2D eigenvalue weighted by Gasteiger charge is -2.11. The minimum atomic E-state index is -4.26. The molecule has 2 N–H and O–H groups in total. The molecule has 0 unspecified atom stereocenters. The Morgan fingerprint density at radius 3 is 2.27 bits per heavy atom. The molecule has 0 radical (unpaired) electrons. The van der Waals surface area contributed by atoms with Crippen molar-refractivity contribution in [3.8, 4) is 11.5 Å². The Morgan fingerprint density at radius 1 is 1.08 bits per heavy atom. The van der Waals surface area contributed by atoms with Crippen molar-refractivity contribution in [2.75, 3.05) is 13.7 Å². The van der Waals surface area contributed by atoms with Crippen LogP contribution in [0.15, 0.2) is 47.4 Å². The molecule has 2 rings (SSSR count). The van der Waals surface area contributed by atoms with Gasteiger partial charge in [-0.1, -0.05) is 0 Å². The lowest BCUT2D eigenvalue weighted by Crippen LogP contribution is -2.16. The maximum Gasteiger partial charge on any atom is 0.339 e. The largest absolute Gasteiger partial charge is 0.497 e. The SMILES string of the molecule is CCOC(=O)c1ccc(S(=O)(=O)Oc2cc(OC)ccc2C(N)=O)cc1. The summed E-state index contributed by atoms with van der Waals surface area (Å²) in [6, 6.07) is 9.00. The molecule has 0 aromatic heterocycles. The first-order valence-corrected chi connectivity index (χ1v) is 8.89. The van der Waals surface area contributed by atoms with Crippen molar-refractivity contribution in [1.29, 1.82) is 0 Å². The highest BCUT2D eigenvalue weighted by Crippen LogP contribution is 2.27. The van der Waals surface area contributed by atoms with Crippen LogP contribution in [0.25, 0.3) is 0 Å². The molecule has 8 nitrogen and oxygen atoms in total. The number of hydrogen-bond donors (Lipinski definition) is 1. The second-order valence-corrected chi connectivity index (χ2v) is 6.55. The molecule has 0 atom stereocenters. The lowest BCUT2D eigenvalue weighted by atomic mass is 10.2. The maximum atomic E-state index is 12.5. The number of primary amides is 1. The molecule has 2 aromatic carbocycles. The van der Waals surface area contributed by atoms with Crippen molar-refractivity contribution >= 4 is 22.0 Å². The van der Waals surface area contributed by atoms with E-state index in [1.165, 1.54) is 49.6 Å². The van der Waals surface area contributed by atoms with E-state index in [2.05, 4.69) is 0 Å². The van der Waals surface area contributed by atoms with Crippen molar-refractivity contribution in [3.05, 3.63) is 53.6 Å². The normalized spacial score (nSPS) is 10.8. The Hall–Kier alpha value is -3.07. The number of hydrogen-bond acceptors (Lipinski definition) is 7. The molecule has 1 amide bonds. The second kappa shape index (κ2) is 7.87. The van der Waals surface area contributed by atoms with Crippen LogP contribution in [0.1, 0.15) is 27.6 Å². The van der Waals surface area contributed by atoms with E-state index in [0.29, 0.717) is 0 Å². The predicted octanol–water partition coefficient (Wildman–Crippen LogP) is 1.74. The number of ether oxygens (including phenoxy) is 2. The van der Waals surface area contributed by atoms with Gasteiger partial charge in [0.1, 0.15) is 10.6 Å². The van der Waals surface area contributed by atoms with Gasteiger partial charge in [0, 0.05) is 6.07 Å². The molecule has 0 aliphatic rings. The van der Waals surface area contributed by atoms with Gasteiger partial charge in [-0.15, -0.1) is 0 Å². The zero-order chi connectivity index (χ0) is 19.3. The van der Waals surface area contributed by atoms with Gasteiger partial charge in [-0.2, -0.15) is 8.42 Å². The van der Waals surface area contributed by atoms with Crippen LogP contribution >= 0.6 is 0 Å². The van der Waals surface area contributed by atoms with Crippen LogP contribution in [0.5, 0.6) is 11.5 Å². The van der Waals surface area contributed by atoms with Crippen LogP contribution in [0.2, 0.25) is 0 Å². The van der Waals surface area contributed by atoms with Gasteiger partial charge in [-0.3, -0.25) is 4.79 Å². The van der Waals surface area contributed by atoms with Crippen LogP contribution in [0.4, 0.5) is 0 Å².